The molecule has 25 heavy (non-hydrogen) atoms. The van der Waals surface area contributed by atoms with Crippen molar-refractivity contribution in [2.24, 2.45) is 0 Å². The minimum Gasteiger partial charge on any atom is -0.506 e. The number of carbonyl (C=O) groups excluding carboxylic acids is 1. The highest BCUT2D eigenvalue weighted by Crippen LogP contribution is 2.29. The standard InChI is InChI=1S/C18H15ClN2O4/c1-21(11-5-3-10(19)4-6-11)18(24)15-16(22)13-9-12(25-2)7-8-14(13)20-17(15)23/h3-9H,1-2H3,(H2,20,22,23). The van der Waals surface area contributed by atoms with Gasteiger partial charge in [-0.2, -0.15) is 0 Å². The Balaban J connectivity index is 2.12. The average Bonchev–Trinajstić information content (AvgIpc) is 2.61. The van der Waals surface area contributed by atoms with E-state index >= 15 is 0 Å². The molecule has 3 aromatic rings. The van der Waals surface area contributed by atoms with E-state index in [1.165, 1.54) is 19.1 Å². The molecule has 0 fully saturated rings. The zero-order chi connectivity index (χ0) is 18.1. The van der Waals surface area contributed by atoms with Crippen LogP contribution in [0.3, 0.4) is 0 Å². The number of benzene rings is 2. The maximum Gasteiger partial charge on any atom is 0.267 e. The summed E-state index contributed by atoms with van der Waals surface area (Å²) in [7, 11) is 3.00. The van der Waals surface area contributed by atoms with Crippen LogP contribution in [0.4, 0.5) is 5.69 Å². The quantitative estimate of drug-likeness (QED) is 0.753. The van der Waals surface area contributed by atoms with Crippen molar-refractivity contribution < 1.29 is 14.6 Å². The third-order valence-electron chi connectivity index (χ3n) is 3.93. The molecule has 0 saturated heterocycles. The second kappa shape index (κ2) is 6.49. The SMILES string of the molecule is COc1ccc2[nH]c(=O)c(C(=O)N(C)c3ccc(Cl)cc3)c(O)c2c1. The van der Waals surface area contributed by atoms with Gasteiger partial charge in [-0.25, -0.2) is 0 Å². The molecule has 0 saturated carbocycles. The number of anilines is 1. The number of methoxy groups -OCH3 is 1. The molecule has 1 aromatic heterocycles. The van der Waals surface area contributed by atoms with Crippen molar-refractivity contribution in [3.8, 4) is 11.5 Å². The Morgan fingerprint density at radius 2 is 1.88 bits per heavy atom. The first kappa shape index (κ1) is 16.9. The van der Waals surface area contributed by atoms with Crippen molar-refractivity contribution in [2.45, 2.75) is 0 Å². The van der Waals surface area contributed by atoms with Crippen molar-refractivity contribution in [1.82, 2.24) is 4.98 Å². The summed E-state index contributed by atoms with van der Waals surface area (Å²) in [5.41, 5.74) is -0.0490. The van der Waals surface area contributed by atoms with Gasteiger partial charge in [0.2, 0.25) is 0 Å². The fourth-order valence-electron chi connectivity index (χ4n) is 2.53. The summed E-state index contributed by atoms with van der Waals surface area (Å²) in [6.07, 6.45) is 0. The van der Waals surface area contributed by atoms with Crippen molar-refractivity contribution in [3.05, 3.63) is 63.4 Å². The van der Waals surface area contributed by atoms with Gasteiger partial charge in [-0.15, -0.1) is 0 Å². The van der Waals surface area contributed by atoms with Crippen LogP contribution in [0.5, 0.6) is 11.5 Å². The zero-order valence-corrected chi connectivity index (χ0v) is 14.3. The van der Waals surface area contributed by atoms with Crippen molar-refractivity contribution in [3.63, 3.8) is 0 Å². The molecule has 0 unspecified atom stereocenters. The molecule has 0 radical (unpaired) electrons. The molecule has 1 heterocycles. The first-order valence-corrected chi connectivity index (χ1v) is 7.77. The van der Waals surface area contributed by atoms with Crippen molar-refractivity contribution in [2.75, 3.05) is 19.1 Å². The van der Waals surface area contributed by atoms with Gasteiger partial charge in [0.05, 0.1) is 12.6 Å². The van der Waals surface area contributed by atoms with Gasteiger partial charge in [0.1, 0.15) is 17.1 Å². The molecule has 0 aliphatic heterocycles. The number of aromatic nitrogens is 1. The number of hydrogen-bond acceptors (Lipinski definition) is 4. The third kappa shape index (κ3) is 3.04. The molecule has 1 amide bonds. The van der Waals surface area contributed by atoms with Crippen LogP contribution in [-0.4, -0.2) is 30.2 Å². The molecule has 0 aliphatic carbocycles. The van der Waals surface area contributed by atoms with Crippen LogP contribution in [0.25, 0.3) is 10.9 Å². The highest BCUT2D eigenvalue weighted by Gasteiger charge is 2.23. The molecule has 0 atom stereocenters. The molecule has 6 nitrogen and oxygen atoms in total. The highest BCUT2D eigenvalue weighted by atomic mass is 35.5. The van der Waals surface area contributed by atoms with Crippen molar-refractivity contribution in [1.29, 1.82) is 0 Å². The van der Waals surface area contributed by atoms with Gasteiger partial charge in [0, 0.05) is 23.1 Å². The Kier molecular flexibility index (Phi) is 4.37. The molecule has 0 aliphatic rings. The van der Waals surface area contributed by atoms with E-state index in [1.54, 1.807) is 42.5 Å². The predicted octanol–water partition coefficient (Wildman–Crippen LogP) is 3.17. The summed E-state index contributed by atoms with van der Waals surface area (Å²) >= 11 is 5.85. The van der Waals surface area contributed by atoms with Crippen LogP contribution in [0.15, 0.2) is 47.3 Å². The number of nitrogens with zero attached hydrogens (tertiary/aromatic N) is 1. The number of nitrogens with one attached hydrogen (secondary N) is 1. The minimum atomic E-state index is -0.666. The molecular formula is C18H15ClN2O4. The lowest BCUT2D eigenvalue weighted by Gasteiger charge is -2.18. The number of amides is 1. The first-order valence-electron chi connectivity index (χ1n) is 7.39. The number of aromatic amines is 1. The number of halogens is 1. The summed E-state index contributed by atoms with van der Waals surface area (Å²) in [4.78, 5) is 29.0. The fraction of sp³-hybridized carbons (Fsp3) is 0.111. The normalized spacial score (nSPS) is 10.7. The van der Waals surface area contributed by atoms with Gasteiger partial charge in [-0.1, -0.05) is 11.6 Å². The van der Waals surface area contributed by atoms with E-state index in [9.17, 15) is 14.7 Å². The first-order chi connectivity index (χ1) is 11.9. The van der Waals surface area contributed by atoms with E-state index < -0.39 is 11.5 Å². The number of carbonyl (C=O) groups is 1. The van der Waals surface area contributed by atoms with Crippen LogP contribution in [0.1, 0.15) is 10.4 Å². The predicted molar refractivity (Wildman–Crippen MR) is 97.0 cm³/mol. The summed E-state index contributed by atoms with van der Waals surface area (Å²) in [6.45, 7) is 0. The molecule has 0 bridgehead atoms. The lowest BCUT2D eigenvalue weighted by molar-refractivity contribution is 0.0989. The number of hydrogen-bond donors (Lipinski definition) is 2. The third-order valence-corrected chi connectivity index (χ3v) is 4.18. The Bertz CT molecular complexity index is 1010. The van der Waals surface area contributed by atoms with Crippen LogP contribution in [0.2, 0.25) is 5.02 Å². The van der Waals surface area contributed by atoms with Gasteiger partial charge in [0.15, 0.2) is 0 Å². The van der Waals surface area contributed by atoms with Crippen LogP contribution >= 0.6 is 11.6 Å². The summed E-state index contributed by atoms with van der Waals surface area (Å²) in [5.74, 6) is -0.520. The van der Waals surface area contributed by atoms with Gasteiger partial charge in [0.25, 0.3) is 11.5 Å². The Morgan fingerprint density at radius 3 is 2.52 bits per heavy atom. The molecule has 3 rings (SSSR count). The average molecular weight is 359 g/mol. The molecular weight excluding hydrogens is 344 g/mol. The summed E-state index contributed by atoms with van der Waals surface area (Å²) < 4.78 is 5.12. The van der Waals surface area contributed by atoms with Crippen molar-refractivity contribution >= 4 is 34.1 Å². The van der Waals surface area contributed by atoms with Crippen LogP contribution in [0, 0.1) is 0 Å². The van der Waals surface area contributed by atoms with E-state index in [4.69, 9.17) is 16.3 Å². The van der Waals surface area contributed by atoms with E-state index in [-0.39, 0.29) is 11.3 Å². The fourth-order valence-corrected chi connectivity index (χ4v) is 2.66. The number of H-pyrrole nitrogens is 1. The molecule has 7 heteroatoms. The highest BCUT2D eigenvalue weighted by molar-refractivity contribution is 6.30. The van der Waals surface area contributed by atoms with E-state index in [0.29, 0.717) is 27.4 Å². The lowest BCUT2D eigenvalue weighted by Crippen LogP contribution is -2.31. The summed E-state index contributed by atoms with van der Waals surface area (Å²) in [5, 5.41) is 11.4. The van der Waals surface area contributed by atoms with E-state index in [1.807, 2.05) is 0 Å². The Morgan fingerprint density at radius 1 is 1.20 bits per heavy atom. The number of fused-ring (bicyclic) bond motifs is 1. The monoisotopic (exact) mass is 358 g/mol. The minimum absolute atomic E-state index is 0.326. The van der Waals surface area contributed by atoms with Gasteiger partial charge in [-0.05, 0) is 42.5 Å². The number of aromatic hydroxyl groups is 1. The second-order valence-corrected chi connectivity index (χ2v) is 5.87. The van der Waals surface area contributed by atoms with Gasteiger partial charge in [-0.3, -0.25) is 9.59 Å². The van der Waals surface area contributed by atoms with Crippen LogP contribution < -0.4 is 15.2 Å². The van der Waals surface area contributed by atoms with Gasteiger partial charge < -0.3 is 19.7 Å². The molecule has 2 N–H and O–H groups in total. The second-order valence-electron chi connectivity index (χ2n) is 5.43. The number of rotatable bonds is 3. The summed E-state index contributed by atoms with van der Waals surface area (Å²) in [6, 6.07) is 11.4. The Labute approximate surface area is 148 Å². The maximum atomic E-state index is 12.8. The molecule has 128 valence electrons. The smallest absolute Gasteiger partial charge is 0.267 e. The zero-order valence-electron chi connectivity index (χ0n) is 13.5. The lowest BCUT2D eigenvalue weighted by atomic mass is 10.1. The Hall–Kier alpha value is -2.99. The molecule has 2 aromatic carbocycles. The molecule has 0 spiro atoms. The number of ether oxygens (including phenoxy) is 1. The van der Waals surface area contributed by atoms with Crippen LogP contribution in [-0.2, 0) is 0 Å². The van der Waals surface area contributed by atoms with E-state index in [0.717, 1.165) is 0 Å². The maximum absolute atomic E-state index is 12.8. The van der Waals surface area contributed by atoms with Gasteiger partial charge >= 0.3 is 0 Å². The largest absolute Gasteiger partial charge is 0.506 e. The topological polar surface area (TPSA) is 82.6 Å². The number of pyridine rings is 1. The van der Waals surface area contributed by atoms with E-state index in [2.05, 4.69) is 4.98 Å².